The number of carbonyl (C=O) groups excluding carboxylic acids is 1. The first-order valence-corrected chi connectivity index (χ1v) is 10.4. The lowest BCUT2D eigenvalue weighted by molar-refractivity contribution is -0.111. The fraction of sp³-hybridized carbons (Fsp3) is 0.294. The number of aromatic nitrogens is 1. The van der Waals surface area contributed by atoms with Crippen LogP contribution in [0.1, 0.15) is 25.0 Å². The number of piperidine rings is 1. The highest BCUT2D eigenvalue weighted by atomic mass is 32.2. The van der Waals surface area contributed by atoms with Crippen molar-refractivity contribution in [1.29, 1.82) is 0 Å². The maximum absolute atomic E-state index is 12.6. The topological polar surface area (TPSA) is 79.4 Å². The van der Waals surface area contributed by atoms with Crippen LogP contribution in [0.4, 0.5) is 5.69 Å². The number of sulfonamides is 1. The summed E-state index contributed by atoms with van der Waals surface area (Å²) in [5.41, 5.74) is 2.97. The van der Waals surface area contributed by atoms with Crippen molar-refractivity contribution < 1.29 is 13.2 Å². The highest BCUT2D eigenvalue weighted by Gasteiger charge is 2.25. The number of hydrogen-bond donors (Lipinski definition) is 1. The fourth-order valence-electron chi connectivity index (χ4n) is 2.61. The second-order valence-corrected chi connectivity index (χ2v) is 8.38. The van der Waals surface area contributed by atoms with Crippen LogP contribution in [-0.2, 0) is 14.8 Å². The molecule has 6 nitrogen and oxygen atoms in total. The Labute approximate surface area is 151 Å². The molecule has 25 heavy (non-hydrogen) atoms. The number of rotatable bonds is 5. The molecule has 3 rings (SSSR count). The van der Waals surface area contributed by atoms with Gasteiger partial charge in [-0.25, -0.2) is 13.4 Å². The molecule has 1 fully saturated rings. The number of nitrogens with one attached hydrogen (secondary N) is 1. The van der Waals surface area contributed by atoms with Gasteiger partial charge >= 0.3 is 0 Å². The van der Waals surface area contributed by atoms with Gasteiger partial charge in [0.25, 0.3) is 0 Å². The minimum atomic E-state index is -3.45. The highest BCUT2D eigenvalue weighted by molar-refractivity contribution is 7.89. The van der Waals surface area contributed by atoms with Gasteiger partial charge in [-0.1, -0.05) is 6.42 Å². The second kappa shape index (κ2) is 7.90. The minimum absolute atomic E-state index is 0.255. The third kappa shape index (κ3) is 4.53. The predicted octanol–water partition coefficient (Wildman–Crippen LogP) is 2.97. The lowest BCUT2D eigenvalue weighted by atomic mass is 10.2. The lowest BCUT2D eigenvalue weighted by Crippen LogP contribution is -2.35. The van der Waals surface area contributed by atoms with Crippen molar-refractivity contribution in [1.82, 2.24) is 9.29 Å². The molecule has 0 aliphatic carbocycles. The lowest BCUT2D eigenvalue weighted by Gasteiger charge is -2.25. The molecule has 1 amide bonds. The highest BCUT2D eigenvalue weighted by Crippen LogP contribution is 2.22. The standard InChI is InChI=1S/C17H19N3O3S2/c21-17(9-6-15-12-24-13-18-15)19-14-4-7-16(8-5-14)25(22,23)20-10-2-1-3-11-20/h4-9,12-13H,1-3,10-11H2,(H,19,21). The Hall–Kier alpha value is -2.03. The van der Waals surface area contributed by atoms with E-state index in [9.17, 15) is 13.2 Å². The monoisotopic (exact) mass is 377 g/mol. The van der Waals surface area contributed by atoms with Crippen molar-refractivity contribution in [2.24, 2.45) is 0 Å². The summed E-state index contributed by atoms with van der Waals surface area (Å²) in [6.45, 7) is 1.14. The molecule has 2 aromatic rings. The Morgan fingerprint density at radius 2 is 1.88 bits per heavy atom. The number of hydrogen-bond acceptors (Lipinski definition) is 5. The van der Waals surface area contributed by atoms with Crippen molar-refractivity contribution in [3.63, 3.8) is 0 Å². The molecule has 0 saturated carbocycles. The average Bonchev–Trinajstić information content (AvgIpc) is 3.15. The third-order valence-electron chi connectivity index (χ3n) is 3.93. The van der Waals surface area contributed by atoms with Gasteiger partial charge in [0.2, 0.25) is 15.9 Å². The van der Waals surface area contributed by atoms with Crippen LogP contribution in [0.3, 0.4) is 0 Å². The molecular formula is C17H19N3O3S2. The molecule has 8 heteroatoms. The van der Waals surface area contributed by atoms with Crippen molar-refractivity contribution >= 4 is 39.0 Å². The molecule has 1 aliphatic heterocycles. The maximum Gasteiger partial charge on any atom is 0.248 e. The summed E-state index contributed by atoms with van der Waals surface area (Å²) in [6, 6.07) is 6.27. The second-order valence-electron chi connectivity index (χ2n) is 5.73. The van der Waals surface area contributed by atoms with Gasteiger partial charge in [-0.15, -0.1) is 11.3 Å². The van der Waals surface area contributed by atoms with Gasteiger partial charge < -0.3 is 5.32 Å². The Bertz CT molecular complexity index is 838. The molecule has 1 saturated heterocycles. The first kappa shape index (κ1) is 17.8. The molecular weight excluding hydrogens is 358 g/mol. The summed E-state index contributed by atoms with van der Waals surface area (Å²) in [4.78, 5) is 16.2. The van der Waals surface area contributed by atoms with E-state index in [1.54, 1.807) is 23.7 Å². The van der Waals surface area contributed by atoms with E-state index in [0.717, 1.165) is 25.0 Å². The quantitative estimate of drug-likeness (QED) is 0.813. The molecule has 1 aromatic heterocycles. The van der Waals surface area contributed by atoms with E-state index in [-0.39, 0.29) is 10.8 Å². The van der Waals surface area contributed by atoms with Crippen LogP contribution in [0.15, 0.2) is 46.1 Å². The van der Waals surface area contributed by atoms with E-state index < -0.39 is 10.0 Å². The van der Waals surface area contributed by atoms with Gasteiger partial charge in [0.05, 0.1) is 16.1 Å². The average molecular weight is 377 g/mol. The van der Waals surface area contributed by atoms with Crippen LogP contribution in [0.5, 0.6) is 0 Å². The van der Waals surface area contributed by atoms with Crippen molar-refractivity contribution in [2.75, 3.05) is 18.4 Å². The molecule has 1 N–H and O–H groups in total. The van der Waals surface area contributed by atoms with Crippen LogP contribution < -0.4 is 5.32 Å². The van der Waals surface area contributed by atoms with Crippen LogP contribution in [0, 0.1) is 0 Å². The largest absolute Gasteiger partial charge is 0.323 e. The zero-order valence-corrected chi connectivity index (χ0v) is 15.2. The van der Waals surface area contributed by atoms with Gasteiger partial charge in [-0.2, -0.15) is 4.31 Å². The number of nitrogens with zero attached hydrogens (tertiary/aromatic N) is 2. The molecule has 2 heterocycles. The summed E-state index contributed by atoms with van der Waals surface area (Å²) < 4.78 is 26.7. The molecule has 0 unspecified atom stereocenters. The maximum atomic E-state index is 12.6. The van der Waals surface area contributed by atoms with Crippen molar-refractivity contribution in [3.05, 3.63) is 46.9 Å². The smallest absolute Gasteiger partial charge is 0.248 e. The summed E-state index contributed by atoms with van der Waals surface area (Å²) in [5.74, 6) is -0.292. The Morgan fingerprint density at radius 3 is 2.52 bits per heavy atom. The number of thiazole rings is 1. The van der Waals surface area contributed by atoms with E-state index in [0.29, 0.717) is 18.8 Å². The van der Waals surface area contributed by atoms with E-state index >= 15 is 0 Å². The molecule has 0 atom stereocenters. The van der Waals surface area contributed by atoms with Gasteiger partial charge in [-0.3, -0.25) is 4.79 Å². The van der Waals surface area contributed by atoms with Crippen LogP contribution >= 0.6 is 11.3 Å². The van der Waals surface area contributed by atoms with Crippen LogP contribution in [0.2, 0.25) is 0 Å². The normalized spacial score (nSPS) is 16.2. The zero-order chi connectivity index (χ0) is 17.7. The summed E-state index contributed by atoms with van der Waals surface area (Å²) in [5, 5.41) is 4.54. The summed E-state index contributed by atoms with van der Waals surface area (Å²) in [7, 11) is -3.45. The summed E-state index contributed by atoms with van der Waals surface area (Å²) >= 11 is 1.46. The Balaban J connectivity index is 1.64. The number of anilines is 1. The number of benzene rings is 1. The zero-order valence-electron chi connectivity index (χ0n) is 13.6. The van der Waals surface area contributed by atoms with Crippen molar-refractivity contribution in [2.45, 2.75) is 24.2 Å². The molecule has 132 valence electrons. The Morgan fingerprint density at radius 1 is 1.16 bits per heavy atom. The van der Waals surface area contributed by atoms with E-state index in [4.69, 9.17) is 0 Å². The van der Waals surface area contributed by atoms with E-state index in [1.165, 1.54) is 33.9 Å². The molecule has 1 aliphatic rings. The van der Waals surface area contributed by atoms with Gasteiger partial charge in [0, 0.05) is 30.2 Å². The number of carbonyl (C=O) groups is 1. The Kier molecular flexibility index (Phi) is 5.62. The van der Waals surface area contributed by atoms with E-state index in [1.807, 2.05) is 5.38 Å². The van der Waals surface area contributed by atoms with Gasteiger partial charge in [0.1, 0.15) is 0 Å². The van der Waals surface area contributed by atoms with Gasteiger partial charge in [-0.05, 0) is 43.2 Å². The molecule has 1 aromatic carbocycles. The van der Waals surface area contributed by atoms with Gasteiger partial charge in [0.15, 0.2) is 0 Å². The third-order valence-corrected chi connectivity index (χ3v) is 6.45. The van der Waals surface area contributed by atoms with Crippen LogP contribution in [-0.4, -0.2) is 36.7 Å². The van der Waals surface area contributed by atoms with E-state index in [2.05, 4.69) is 10.3 Å². The first-order valence-electron chi connectivity index (χ1n) is 8.03. The first-order chi connectivity index (χ1) is 12.1. The SMILES string of the molecule is O=C(C=Cc1cscn1)Nc1ccc(S(=O)(=O)N2CCCCC2)cc1. The predicted molar refractivity (Wildman–Crippen MR) is 98.8 cm³/mol. The molecule has 0 radical (unpaired) electrons. The fourth-order valence-corrected chi connectivity index (χ4v) is 4.65. The number of amides is 1. The molecule has 0 bridgehead atoms. The summed E-state index contributed by atoms with van der Waals surface area (Å²) in [6.07, 6.45) is 5.90. The van der Waals surface area contributed by atoms with Crippen molar-refractivity contribution in [3.8, 4) is 0 Å². The van der Waals surface area contributed by atoms with Crippen LogP contribution in [0.25, 0.3) is 6.08 Å². The minimum Gasteiger partial charge on any atom is -0.323 e. The molecule has 0 spiro atoms.